The number of anilines is 1. The molecule has 1 saturated heterocycles. The molecule has 0 aliphatic carbocycles. The molecule has 4 rings (SSSR count). The van der Waals surface area contributed by atoms with Crippen molar-refractivity contribution in [2.24, 2.45) is 0 Å². The largest absolute Gasteiger partial charge is 0.435 e. The molecule has 1 aliphatic rings. The van der Waals surface area contributed by atoms with Gasteiger partial charge in [-0.05, 0) is 55.3 Å². The van der Waals surface area contributed by atoms with Crippen molar-refractivity contribution in [1.29, 1.82) is 0 Å². The molecule has 1 fully saturated rings. The number of nitrogens with one attached hydrogen (secondary N) is 1. The fraction of sp³-hybridized carbons (Fsp3) is 0.261. The third kappa shape index (κ3) is 4.77. The van der Waals surface area contributed by atoms with Gasteiger partial charge in [-0.25, -0.2) is 4.98 Å². The van der Waals surface area contributed by atoms with Crippen molar-refractivity contribution in [3.05, 3.63) is 72.3 Å². The van der Waals surface area contributed by atoms with Crippen LogP contribution in [0.25, 0.3) is 5.69 Å². The smallest absolute Gasteiger partial charge is 0.387 e. The molecule has 7 nitrogen and oxygen atoms in total. The summed E-state index contributed by atoms with van der Waals surface area (Å²) in [5.41, 5.74) is 2.28. The second-order valence-electron chi connectivity index (χ2n) is 7.48. The molecule has 0 spiro atoms. The van der Waals surface area contributed by atoms with E-state index in [4.69, 9.17) is 0 Å². The van der Waals surface area contributed by atoms with Crippen molar-refractivity contribution in [3.8, 4) is 11.4 Å². The highest BCUT2D eigenvalue weighted by Crippen LogP contribution is 2.24. The zero-order chi connectivity index (χ0) is 22.7. The number of carbonyl (C=O) groups excluding carboxylic acids is 2. The van der Waals surface area contributed by atoms with Crippen LogP contribution < -0.4 is 10.1 Å². The van der Waals surface area contributed by atoms with E-state index in [0.29, 0.717) is 12.1 Å². The molecule has 9 heteroatoms. The highest BCUT2D eigenvalue weighted by Gasteiger charge is 2.36. The number of carbonyl (C=O) groups is 2. The van der Waals surface area contributed by atoms with Gasteiger partial charge < -0.3 is 19.5 Å². The highest BCUT2D eigenvalue weighted by atomic mass is 19.3. The number of aryl methyl sites for hydroxylation is 1. The number of rotatable bonds is 7. The predicted octanol–water partition coefficient (Wildman–Crippen LogP) is 3.91. The van der Waals surface area contributed by atoms with Gasteiger partial charge in [-0.2, -0.15) is 8.78 Å². The van der Waals surface area contributed by atoms with Crippen molar-refractivity contribution in [2.45, 2.75) is 39.0 Å². The number of halogens is 2. The zero-order valence-electron chi connectivity index (χ0n) is 17.4. The Hall–Kier alpha value is -3.75. The number of nitrogens with zero attached hydrogens (tertiary/aromatic N) is 3. The SMILES string of the molecule is Cc1nccn1-c1ccc(NC(=O)C2CCC(=O)N2Cc2ccc(OC(F)F)cc2)cc1. The summed E-state index contributed by atoms with van der Waals surface area (Å²) in [6.45, 7) is -0.780. The Balaban J connectivity index is 1.41. The van der Waals surface area contributed by atoms with Gasteiger partial charge in [0.15, 0.2) is 0 Å². The minimum absolute atomic E-state index is 0.0418. The van der Waals surface area contributed by atoms with E-state index in [1.165, 1.54) is 17.0 Å². The lowest BCUT2D eigenvalue weighted by Crippen LogP contribution is -2.41. The summed E-state index contributed by atoms with van der Waals surface area (Å²) in [5.74, 6) is 0.514. The van der Waals surface area contributed by atoms with Crippen LogP contribution in [0.1, 0.15) is 24.2 Å². The van der Waals surface area contributed by atoms with Gasteiger partial charge >= 0.3 is 6.61 Å². The van der Waals surface area contributed by atoms with Crippen molar-refractivity contribution in [2.75, 3.05) is 5.32 Å². The first kappa shape index (κ1) is 21.5. The van der Waals surface area contributed by atoms with Gasteiger partial charge in [0, 0.05) is 36.7 Å². The summed E-state index contributed by atoms with van der Waals surface area (Å²) < 4.78 is 30.9. The van der Waals surface area contributed by atoms with E-state index in [9.17, 15) is 18.4 Å². The van der Waals surface area contributed by atoms with E-state index in [1.54, 1.807) is 30.5 Å². The van der Waals surface area contributed by atoms with Crippen molar-refractivity contribution in [3.63, 3.8) is 0 Å². The van der Waals surface area contributed by atoms with Crippen LogP contribution in [0.4, 0.5) is 14.5 Å². The molecular weight excluding hydrogens is 418 g/mol. The van der Waals surface area contributed by atoms with Gasteiger partial charge in [-0.15, -0.1) is 0 Å². The first-order valence-corrected chi connectivity index (χ1v) is 10.1. The standard InChI is InChI=1S/C23H22F2N4O3/c1-15-26-12-13-28(15)18-6-4-17(5-7-18)27-22(31)20-10-11-21(30)29(20)14-16-2-8-19(9-3-16)32-23(24)25/h2-9,12-13,20,23H,10-11,14H2,1H3,(H,27,31). The van der Waals surface area contributed by atoms with Gasteiger partial charge in [-0.1, -0.05) is 12.1 Å². The summed E-state index contributed by atoms with van der Waals surface area (Å²) in [6.07, 6.45) is 4.28. The first-order chi connectivity index (χ1) is 15.4. The molecule has 32 heavy (non-hydrogen) atoms. The number of likely N-dealkylation sites (tertiary alicyclic amines) is 1. The Labute approximate surface area is 183 Å². The van der Waals surface area contributed by atoms with Crippen LogP contribution in [0, 0.1) is 6.92 Å². The predicted molar refractivity (Wildman–Crippen MR) is 114 cm³/mol. The van der Waals surface area contributed by atoms with Gasteiger partial charge in [-0.3, -0.25) is 9.59 Å². The first-order valence-electron chi connectivity index (χ1n) is 10.1. The summed E-state index contributed by atoms with van der Waals surface area (Å²) in [7, 11) is 0. The number of hydrogen-bond donors (Lipinski definition) is 1. The maximum atomic E-state index is 12.9. The average molecular weight is 440 g/mol. The molecule has 1 unspecified atom stereocenters. The van der Waals surface area contributed by atoms with E-state index in [0.717, 1.165) is 17.1 Å². The van der Waals surface area contributed by atoms with Crippen LogP contribution in [0.2, 0.25) is 0 Å². The number of aromatic nitrogens is 2. The van der Waals surface area contributed by atoms with E-state index in [-0.39, 0.29) is 30.5 Å². The molecule has 2 aromatic carbocycles. The number of benzene rings is 2. The van der Waals surface area contributed by atoms with E-state index < -0.39 is 12.7 Å². The maximum absolute atomic E-state index is 12.9. The second kappa shape index (κ2) is 9.17. The fourth-order valence-corrected chi connectivity index (χ4v) is 3.76. The molecular formula is C23H22F2N4O3. The monoisotopic (exact) mass is 440 g/mol. The highest BCUT2D eigenvalue weighted by molar-refractivity contribution is 5.99. The lowest BCUT2D eigenvalue weighted by atomic mass is 10.1. The second-order valence-corrected chi connectivity index (χ2v) is 7.48. The number of imidazole rings is 1. The normalized spacial score (nSPS) is 15.9. The molecule has 0 bridgehead atoms. The summed E-state index contributed by atoms with van der Waals surface area (Å²) >= 11 is 0. The van der Waals surface area contributed by atoms with Gasteiger partial charge in [0.05, 0.1) is 0 Å². The molecule has 0 saturated carbocycles. The third-order valence-electron chi connectivity index (χ3n) is 5.37. The van der Waals surface area contributed by atoms with Crippen LogP contribution >= 0.6 is 0 Å². The molecule has 1 N–H and O–H groups in total. The third-order valence-corrected chi connectivity index (χ3v) is 5.37. The average Bonchev–Trinajstić information content (AvgIpc) is 3.35. The molecule has 1 aromatic heterocycles. The number of alkyl halides is 2. The summed E-state index contributed by atoms with van der Waals surface area (Å²) in [6, 6.07) is 12.8. The summed E-state index contributed by atoms with van der Waals surface area (Å²) in [4.78, 5) is 31.0. The lowest BCUT2D eigenvalue weighted by molar-refractivity contribution is -0.133. The molecule has 1 aliphatic heterocycles. The van der Waals surface area contributed by atoms with Gasteiger partial charge in [0.2, 0.25) is 11.8 Å². The molecule has 166 valence electrons. The van der Waals surface area contributed by atoms with Crippen LogP contribution in [0.3, 0.4) is 0 Å². The number of hydrogen-bond acceptors (Lipinski definition) is 4. The van der Waals surface area contributed by atoms with Crippen LogP contribution in [-0.4, -0.2) is 38.9 Å². The van der Waals surface area contributed by atoms with Crippen molar-refractivity contribution in [1.82, 2.24) is 14.5 Å². The van der Waals surface area contributed by atoms with Crippen molar-refractivity contribution >= 4 is 17.5 Å². The maximum Gasteiger partial charge on any atom is 0.387 e. The molecule has 0 radical (unpaired) electrons. The Morgan fingerprint density at radius 1 is 1.19 bits per heavy atom. The Morgan fingerprint density at radius 2 is 1.91 bits per heavy atom. The summed E-state index contributed by atoms with van der Waals surface area (Å²) in [5, 5.41) is 2.88. The number of amides is 2. The quantitative estimate of drug-likeness (QED) is 0.604. The minimum Gasteiger partial charge on any atom is -0.435 e. The Kier molecular flexibility index (Phi) is 6.16. The topological polar surface area (TPSA) is 76.5 Å². The van der Waals surface area contributed by atoms with Crippen molar-refractivity contribution < 1.29 is 23.1 Å². The zero-order valence-corrected chi connectivity index (χ0v) is 17.4. The minimum atomic E-state index is -2.90. The fourth-order valence-electron chi connectivity index (χ4n) is 3.76. The van der Waals surface area contributed by atoms with Crippen LogP contribution in [0.5, 0.6) is 5.75 Å². The lowest BCUT2D eigenvalue weighted by Gasteiger charge is -2.24. The number of ether oxygens (including phenoxy) is 1. The van der Waals surface area contributed by atoms with E-state index >= 15 is 0 Å². The Morgan fingerprint density at radius 3 is 2.53 bits per heavy atom. The van der Waals surface area contributed by atoms with E-state index in [2.05, 4.69) is 15.0 Å². The van der Waals surface area contributed by atoms with Gasteiger partial charge in [0.1, 0.15) is 17.6 Å². The molecule has 3 aromatic rings. The van der Waals surface area contributed by atoms with Crippen LogP contribution in [0.15, 0.2) is 60.9 Å². The van der Waals surface area contributed by atoms with Crippen LogP contribution in [-0.2, 0) is 16.1 Å². The molecule has 2 amide bonds. The Bertz CT molecular complexity index is 1100. The van der Waals surface area contributed by atoms with E-state index in [1.807, 2.05) is 29.8 Å². The molecule has 2 heterocycles. The van der Waals surface area contributed by atoms with Gasteiger partial charge in [0.25, 0.3) is 0 Å². The molecule has 1 atom stereocenters.